The van der Waals surface area contributed by atoms with Crippen molar-refractivity contribution in [3.63, 3.8) is 0 Å². The van der Waals surface area contributed by atoms with Gasteiger partial charge >= 0.3 is 5.97 Å². The van der Waals surface area contributed by atoms with Crippen molar-refractivity contribution >= 4 is 56.4 Å². The highest BCUT2D eigenvalue weighted by atomic mass is 35.5. The largest absolute Gasteiger partial charge is 0.494 e. The van der Waals surface area contributed by atoms with Crippen LogP contribution in [0.2, 0.25) is 10.0 Å². The molecule has 0 bridgehead atoms. The Balaban J connectivity index is 2.28. The van der Waals surface area contributed by atoms with E-state index in [9.17, 15) is 4.79 Å². The lowest BCUT2D eigenvalue weighted by molar-refractivity contribution is 0.0531. The third-order valence-corrected chi connectivity index (χ3v) is 5.48. The number of thiophene rings is 1. The molecule has 0 amide bonds. The van der Waals surface area contributed by atoms with Gasteiger partial charge in [0.25, 0.3) is 0 Å². The summed E-state index contributed by atoms with van der Waals surface area (Å²) in [4.78, 5) is 17.3. The number of ether oxygens (including phenoxy) is 2. The Bertz CT molecular complexity index is 1010. The summed E-state index contributed by atoms with van der Waals surface area (Å²) < 4.78 is 11.7. The molecule has 0 atom stereocenters. The lowest BCUT2D eigenvalue weighted by atomic mass is 10.0. The number of rotatable bonds is 6. The number of hydrogen-bond donors (Lipinski definition) is 0. The highest BCUT2D eigenvalue weighted by molar-refractivity contribution is 7.21. The minimum Gasteiger partial charge on any atom is -0.494 e. The summed E-state index contributed by atoms with van der Waals surface area (Å²) in [7, 11) is 0. The third kappa shape index (κ3) is 3.95. The molecule has 0 aliphatic carbocycles. The van der Waals surface area contributed by atoms with E-state index in [2.05, 4.69) is 11.6 Å². The number of hydrogen-bond acceptors (Lipinski definition) is 5. The molecule has 2 heterocycles. The van der Waals surface area contributed by atoms with Gasteiger partial charge in [0.05, 0.1) is 18.8 Å². The Morgan fingerprint density at radius 3 is 2.41 bits per heavy atom. The number of halogens is 2. The van der Waals surface area contributed by atoms with E-state index in [1.54, 1.807) is 25.4 Å². The summed E-state index contributed by atoms with van der Waals surface area (Å²) >= 11 is 13.6. The fourth-order valence-corrected chi connectivity index (χ4v) is 4.53. The maximum absolute atomic E-state index is 12.5. The number of carbonyl (C=O) groups is 1. The number of benzene rings is 1. The number of nitrogens with zero attached hydrogens (tertiary/aromatic N) is 1. The zero-order valence-electron chi connectivity index (χ0n) is 14.8. The van der Waals surface area contributed by atoms with Crippen molar-refractivity contribution in [1.29, 1.82) is 0 Å². The summed E-state index contributed by atoms with van der Waals surface area (Å²) in [5.41, 5.74) is 2.25. The molecule has 0 fully saturated rings. The van der Waals surface area contributed by atoms with Crippen molar-refractivity contribution in [1.82, 2.24) is 4.98 Å². The Morgan fingerprint density at radius 1 is 1.11 bits per heavy atom. The number of esters is 1. The van der Waals surface area contributed by atoms with Crippen LogP contribution in [0.15, 0.2) is 37.2 Å². The van der Waals surface area contributed by atoms with E-state index in [0.717, 1.165) is 21.2 Å². The minimum absolute atomic E-state index is 0.280. The van der Waals surface area contributed by atoms with Gasteiger partial charge in [-0.15, -0.1) is 11.3 Å². The molecule has 0 saturated heterocycles. The van der Waals surface area contributed by atoms with Gasteiger partial charge in [-0.1, -0.05) is 29.8 Å². The predicted octanol–water partition coefficient (Wildman–Crippen LogP) is 6.45. The van der Waals surface area contributed by atoms with Gasteiger partial charge in [0, 0.05) is 38.1 Å². The van der Waals surface area contributed by atoms with Gasteiger partial charge in [-0.05, 0) is 37.6 Å². The van der Waals surface area contributed by atoms with Gasteiger partial charge in [0.2, 0.25) is 0 Å². The van der Waals surface area contributed by atoms with Crippen LogP contribution in [-0.2, 0) is 9.47 Å². The maximum Gasteiger partial charge on any atom is 0.349 e. The second kappa shape index (κ2) is 8.30. The first-order chi connectivity index (χ1) is 13.0. The van der Waals surface area contributed by atoms with Crippen LogP contribution in [0.25, 0.3) is 27.0 Å². The molecule has 3 aromatic rings. The van der Waals surface area contributed by atoms with Gasteiger partial charge in [0.15, 0.2) is 0 Å². The van der Waals surface area contributed by atoms with Crippen molar-refractivity contribution in [3.05, 3.63) is 57.7 Å². The SMILES string of the molecule is C=C(OCC)c1c(C(=O)OCC)sc2c(-c3cc(Cl)cc(Cl)c3)cncc12. The molecule has 1 aromatic carbocycles. The summed E-state index contributed by atoms with van der Waals surface area (Å²) in [6, 6.07) is 5.29. The van der Waals surface area contributed by atoms with Crippen molar-refractivity contribution in [2.24, 2.45) is 0 Å². The minimum atomic E-state index is -0.412. The predicted molar refractivity (Wildman–Crippen MR) is 112 cm³/mol. The molecule has 3 rings (SSSR count). The number of aromatic nitrogens is 1. The summed E-state index contributed by atoms with van der Waals surface area (Å²) in [5, 5.41) is 1.82. The first-order valence-electron chi connectivity index (χ1n) is 8.32. The van der Waals surface area contributed by atoms with Crippen molar-refractivity contribution in [2.45, 2.75) is 13.8 Å². The van der Waals surface area contributed by atoms with Crippen molar-refractivity contribution in [2.75, 3.05) is 13.2 Å². The first-order valence-corrected chi connectivity index (χ1v) is 9.89. The molecule has 27 heavy (non-hydrogen) atoms. The molecule has 0 unspecified atom stereocenters. The maximum atomic E-state index is 12.5. The second-order valence-electron chi connectivity index (χ2n) is 5.60. The van der Waals surface area contributed by atoms with Gasteiger partial charge in [-0.3, -0.25) is 4.98 Å². The van der Waals surface area contributed by atoms with Crippen molar-refractivity contribution in [3.8, 4) is 11.1 Å². The second-order valence-corrected chi connectivity index (χ2v) is 7.50. The summed E-state index contributed by atoms with van der Waals surface area (Å²) in [6.45, 7) is 8.33. The monoisotopic (exact) mass is 421 g/mol. The molecular weight excluding hydrogens is 405 g/mol. The van der Waals surface area contributed by atoms with Gasteiger partial charge in [-0.25, -0.2) is 4.79 Å². The Hall–Kier alpha value is -2.08. The van der Waals surface area contributed by atoms with Crippen LogP contribution in [0.5, 0.6) is 0 Å². The zero-order valence-corrected chi connectivity index (χ0v) is 17.2. The summed E-state index contributed by atoms with van der Waals surface area (Å²) in [6.07, 6.45) is 3.42. The lowest BCUT2D eigenvalue weighted by Crippen LogP contribution is -2.05. The Kier molecular flexibility index (Phi) is 6.05. The van der Waals surface area contributed by atoms with E-state index in [0.29, 0.717) is 32.9 Å². The molecule has 0 aliphatic heterocycles. The van der Waals surface area contributed by atoms with E-state index in [1.807, 2.05) is 19.1 Å². The highest BCUT2D eigenvalue weighted by Crippen LogP contribution is 2.41. The fraction of sp³-hybridized carbons (Fsp3) is 0.200. The molecule has 2 aromatic heterocycles. The lowest BCUT2D eigenvalue weighted by Gasteiger charge is -2.09. The van der Waals surface area contributed by atoms with E-state index < -0.39 is 5.97 Å². The van der Waals surface area contributed by atoms with Crippen LogP contribution in [0.1, 0.15) is 29.1 Å². The quantitative estimate of drug-likeness (QED) is 0.338. The smallest absolute Gasteiger partial charge is 0.349 e. The fourth-order valence-electron chi connectivity index (χ4n) is 2.79. The molecule has 0 saturated carbocycles. The van der Waals surface area contributed by atoms with Gasteiger partial charge in [0.1, 0.15) is 10.6 Å². The average Bonchev–Trinajstić information content (AvgIpc) is 3.01. The molecule has 4 nitrogen and oxygen atoms in total. The van der Waals surface area contributed by atoms with Crippen LogP contribution in [0.3, 0.4) is 0 Å². The Labute approximate surface area is 171 Å². The van der Waals surface area contributed by atoms with Crippen LogP contribution < -0.4 is 0 Å². The third-order valence-electron chi connectivity index (χ3n) is 3.83. The van der Waals surface area contributed by atoms with Crippen LogP contribution in [0.4, 0.5) is 0 Å². The molecule has 140 valence electrons. The van der Waals surface area contributed by atoms with Crippen LogP contribution >= 0.6 is 34.5 Å². The molecule has 0 aliphatic rings. The topological polar surface area (TPSA) is 48.4 Å². The average molecular weight is 422 g/mol. The Morgan fingerprint density at radius 2 is 1.78 bits per heavy atom. The van der Waals surface area contributed by atoms with E-state index in [-0.39, 0.29) is 6.61 Å². The first kappa shape index (κ1) is 19.7. The van der Waals surface area contributed by atoms with E-state index in [1.165, 1.54) is 11.3 Å². The standard InChI is InChI=1S/C20H17Cl2NO3S/c1-4-25-11(3)17-16-10-23-9-15(12-6-13(21)8-14(22)7-12)18(16)27-19(17)20(24)26-5-2/h6-10H,3-5H2,1-2H3. The number of fused-ring (bicyclic) bond motifs is 1. The molecular formula is C20H17Cl2NO3S. The van der Waals surface area contributed by atoms with Crippen LogP contribution in [-0.4, -0.2) is 24.2 Å². The number of carbonyl (C=O) groups excluding carboxylic acids is 1. The number of pyridine rings is 1. The molecule has 0 radical (unpaired) electrons. The highest BCUT2D eigenvalue weighted by Gasteiger charge is 2.24. The zero-order chi connectivity index (χ0) is 19.6. The molecule has 7 heteroatoms. The van der Waals surface area contributed by atoms with E-state index in [4.69, 9.17) is 32.7 Å². The summed E-state index contributed by atoms with van der Waals surface area (Å²) in [5.74, 6) is -0.000455. The normalized spacial score (nSPS) is 10.8. The van der Waals surface area contributed by atoms with Gasteiger partial charge < -0.3 is 9.47 Å². The van der Waals surface area contributed by atoms with Gasteiger partial charge in [-0.2, -0.15) is 0 Å². The van der Waals surface area contributed by atoms with Crippen LogP contribution in [0, 0.1) is 0 Å². The molecule has 0 spiro atoms. The molecule has 0 N–H and O–H groups in total. The van der Waals surface area contributed by atoms with Crippen molar-refractivity contribution < 1.29 is 14.3 Å². The van der Waals surface area contributed by atoms with E-state index >= 15 is 0 Å².